The molecule has 2 nitrogen and oxygen atoms in total. The summed E-state index contributed by atoms with van der Waals surface area (Å²) >= 11 is 3.78. The van der Waals surface area contributed by atoms with Crippen LogP contribution in [-0.2, 0) is 10.8 Å². The third kappa shape index (κ3) is 3.76. The van der Waals surface area contributed by atoms with Crippen molar-refractivity contribution in [3.8, 4) is 0 Å². The number of nitrogens with zero attached hydrogens (tertiary/aromatic N) is 2. The van der Waals surface area contributed by atoms with Crippen molar-refractivity contribution in [1.82, 2.24) is 9.38 Å². The maximum absolute atomic E-state index is 5.24. The fourth-order valence-corrected chi connectivity index (χ4v) is 6.22. The van der Waals surface area contributed by atoms with Crippen LogP contribution in [0.15, 0.2) is 41.0 Å². The molecule has 4 aromatic rings. The summed E-state index contributed by atoms with van der Waals surface area (Å²) in [5.41, 5.74) is 8.02. The average molecular weight is 538 g/mol. The Morgan fingerprint density at radius 1 is 0.886 bits per heavy atom. The van der Waals surface area contributed by atoms with Gasteiger partial charge in [0.05, 0.1) is 11.0 Å². The van der Waals surface area contributed by atoms with E-state index >= 15 is 0 Å². The maximum Gasteiger partial charge on any atom is 0.146 e. The number of aromatic nitrogens is 2. The Labute approximate surface area is 221 Å². The fraction of sp³-hybridized carbons (Fsp3) is 0.531. The van der Waals surface area contributed by atoms with Crippen molar-refractivity contribution in [2.24, 2.45) is 5.41 Å². The molecule has 0 spiro atoms. The zero-order chi connectivity index (χ0) is 26.5. The zero-order valence-electron chi connectivity index (χ0n) is 24.0. The quantitative estimate of drug-likeness (QED) is 0.249. The molecule has 190 valence electrons. The molecule has 1 unspecified atom stereocenters. The first-order valence-corrected chi connectivity index (χ1v) is 14.3. The van der Waals surface area contributed by atoms with Crippen molar-refractivity contribution >= 4 is 43.4 Å². The van der Waals surface area contributed by atoms with Gasteiger partial charge in [-0.25, -0.2) is 4.98 Å². The summed E-state index contributed by atoms with van der Waals surface area (Å²) in [7, 11) is 0. The molecule has 1 atom stereocenters. The highest BCUT2D eigenvalue weighted by atomic mass is 79.9. The normalized spacial score (nSPS) is 18.0. The highest BCUT2D eigenvalue weighted by Crippen LogP contribution is 2.61. The maximum atomic E-state index is 5.24. The van der Waals surface area contributed by atoms with Crippen molar-refractivity contribution in [2.75, 3.05) is 0 Å². The lowest BCUT2D eigenvalue weighted by Gasteiger charge is -2.44. The van der Waals surface area contributed by atoms with Crippen LogP contribution >= 0.6 is 15.9 Å². The first kappa shape index (κ1) is 27.7. The number of pyridine rings is 1. The van der Waals surface area contributed by atoms with E-state index in [0.29, 0.717) is 5.92 Å². The monoisotopic (exact) mass is 536 g/mol. The summed E-state index contributed by atoms with van der Waals surface area (Å²) in [6, 6.07) is 11.5. The Morgan fingerprint density at radius 3 is 2.03 bits per heavy atom. The minimum atomic E-state index is 0.0861. The van der Waals surface area contributed by atoms with Gasteiger partial charge in [-0.15, -0.1) is 0 Å². The minimum absolute atomic E-state index is 0.0861. The van der Waals surface area contributed by atoms with E-state index in [1.165, 1.54) is 33.0 Å². The van der Waals surface area contributed by atoms with Gasteiger partial charge >= 0.3 is 0 Å². The molecular weight excluding hydrogens is 492 g/mol. The highest BCUT2D eigenvalue weighted by molar-refractivity contribution is 9.10. The Hall–Kier alpha value is -1.87. The Balaban J connectivity index is 0.000000815. The van der Waals surface area contributed by atoms with E-state index in [0.717, 1.165) is 22.1 Å². The molecule has 0 fully saturated rings. The van der Waals surface area contributed by atoms with Crippen molar-refractivity contribution in [3.05, 3.63) is 57.7 Å². The van der Waals surface area contributed by atoms with Gasteiger partial charge in [-0.05, 0) is 69.5 Å². The van der Waals surface area contributed by atoms with Gasteiger partial charge in [-0.2, -0.15) is 0 Å². The largest absolute Gasteiger partial charge is 0.299 e. The Bertz CT molecular complexity index is 1370. The van der Waals surface area contributed by atoms with Crippen LogP contribution in [0.5, 0.6) is 0 Å². The molecule has 2 aromatic carbocycles. The van der Waals surface area contributed by atoms with Crippen molar-refractivity contribution in [2.45, 2.75) is 106 Å². The number of fused-ring (bicyclic) bond motifs is 6. The summed E-state index contributed by atoms with van der Waals surface area (Å²) < 4.78 is 3.45. The van der Waals surface area contributed by atoms with Crippen molar-refractivity contribution in [1.29, 1.82) is 0 Å². The predicted octanol–water partition coefficient (Wildman–Crippen LogP) is 10.6. The summed E-state index contributed by atoms with van der Waals surface area (Å²) in [5.74, 6) is 0.491. The Morgan fingerprint density at radius 2 is 1.46 bits per heavy atom. The molecule has 0 bridgehead atoms. The third-order valence-corrected chi connectivity index (χ3v) is 9.97. The molecule has 0 saturated carbocycles. The zero-order valence-corrected chi connectivity index (χ0v) is 25.6. The molecule has 2 heterocycles. The van der Waals surface area contributed by atoms with Gasteiger partial charge in [0.15, 0.2) is 0 Å². The van der Waals surface area contributed by atoms with E-state index < -0.39 is 0 Å². The van der Waals surface area contributed by atoms with Gasteiger partial charge in [-0.1, -0.05) is 105 Å². The molecule has 0 N–H and O–H groups in total. The second-order valence-corrected chi connectivity index (χ2v) is 12.0. The molecule has 0 radical (unpaired) electrons. The number of rotatable bonds is 2. The van der Waals surface area contributed by atoms with Crippen LogP contribution in [0, 0.1) is 5.41 Å². The first-order valence-electron chi connectivity index (χ1n) is 13.5. The van der Waals surface area contributed by atoms with E-state index in [4.69, 9.17) is 4.98 Å². The first-order chi connectivity index (χ1) is 16.4. The number of benzene rings is 2. The topological polar surface area (TPSA) is 17.3 Å². The lowest BCUT2D eigenvalue weighted by molar-refractivity contribution is 0.125. The summed E-state index contributed by atoms with van der Waals surface area (Å²) in [6.45, 7) is 27.0. The number of halogens is 1. The summed E-state index contributed by atoms with van der Waals surface area (Å²) in [6.07, 6.45) is 3.31. The van der Waals surface area contributed by atoms with Crippen LogP contribution in [0.25, 0.3) is 27.5 Å². The molecule has 3 heteroatoms. The van der Waals surface area contributed by atoms with Crippen molar-refractivity contribution < 1.29 is 0 Å². The number of hydrogen-bond acceptors (Lipinski definition) is 1. The molecule has 2 aromatic heterocycles. The van der Waals surface area contributed by atoms with E-state index in [-0.39, 0.29) is 16.2 Å². The number of imidazole rings is 1. The molecule has 35 heavy (non-hydrogen) atoms. The molecule has 1 aliphatic carbocycles. The highest BCUT2D eigenvalue weighted by Gasteiger charge is 2.56. The smallest absolute Gasteiger partial charge is 0.146 e. The van der Waals surface area contributed by atoms with E-state index in [1.54, 1.807) is 0 Å². The van der Waals surface area contributed by atoms with E-state index in [1.807, 2.05) is 27.7 Å². The second kappa shape index (κ2) is 9.54. The van der Waals surface area contributed by atoms with Gasteiger partial charge in [0.25, 0.3) is 0 Å². The Kier molecular flexibility index (Phi) is 7.55. The average Bonchev–Trinajstić information content (AvgIpc) is 3.27. The molecule has 5 rings (SSSR count). The van der Waals surface area contributed by atoms with Crippen LogP contribution in [0.4, 0.5) is 0 Å². The van der Waals surface area contributed by atoms with Crippen LogP contribution < -0.4 is 0 Å². The van der Waals surface area contributed by atoms with Gasteiger partial charge in [0, 0.05) is 21.4 Å². The lowest BCUT2D eigenvalue weighted by Crippen LogP contribution is -2.42. The van der Waals surface area contributed by atoms with E-state index in [9.17, 15) is 0 Å². The van der Waals surface area contributed by atoms with Gasteiger partial charge < -0.3 is 0 Å². The van der Waals surface area contributed by atoms with Crippen LogP contribution in [-0.4, -0.2) is 9.38 Å². The summed E-state index contributed by atoms with van der Waals surface area (Å²) in [5, 5.41) is 2.52. The standard InChI is InChI=1S/C28H33BrN2.2C2H6/c1-9-16(2)17-10-11-21(29)18-12-13-31-23-15-20-19(14-22(23)30-25(31)24(17)18)26(3,4)28(7,8)27(20,5)6;2*1-2/h10-16H,9H2,1-8H3;2*1-2H3. The molecule has 1 aliphatic rings. The lowest BCUT2D eigenvalue weighted by atomic mass is 9.59. The van der Waals surface area contributed by atoms with Crippen LogP contribution in [0.3, 0.4) is 0 Å². The van der Waals surface area contributed by atoms with Crippen LogP contribution in [0.2, 0.25) is 0 Å². The predicted molar refractivity (Wildman–Crippen MR) is 159 cm³/mol. The number of hydrogen-bond donors (Lipinski definition) is 0. The summed E-state index contributed by atoms with van der Waals surface area (Å²) in [4.78, 5) is 5.24. The van der Waals surface area contributed by atoms with Crippen LogP contribution in [0.1, 0.15) is 112 Å². The van der Waals surface area contributed by atoms with Crippen molar-refractivity contribution in [3.63, 3.8) is 0 Å². The van der Waals surface area contributed by atoms with E-state index in [2.05, 4.69) is 112 Å². The van der Waals surface area contributed by atoms with Gasteiger partial charge in [0.2, 0.25) is 0 Å². The molecular formula is C32H45BrN2. The molecule has 0 amide bonds. The minimum Gasteiger partial charge on any atom is -0.299 e. The molecule has 0 aliphatic heterocycles. The third-order valence-electron chi connectivity index (χ3n) is 9.28. The van der Waals surface area contributed by atoms with Gasteiger partial charge in [-0.3, -0.25) is 4.40 Å². The second-order valence-electron chi connectivity index (χ2n) is 11.1. The molecule has 0 saturated heterocycles. The SMILES string of the molecule is CC.CC.CCC(C)c1ccc(Br)c2ccn3c4cc5c(cc4nc3c12)C(C)(C)C(C)(C)C5(C)C. The fourth-order valence-electron chi connectivity index (χ4n) is 5.76. The van der Waals surface area contributed by atoms with Gasteiger partial charge in [0.1, 0.15) is 5.65 Å².